The molecule has 0 aliphatic heterocycles. The molecule has 0 saturated carbocycles. The molecule has 0 saturated heterocycles. The zero-order valence-electron chi connectivity index (χ0n) is 11.7. The maximum absolute atomic E-state index is 12.3. The lowest BCUT2D eigenvalue weighted by Crippen LogP contribution is -2.16. The first-order chi connectivity index (χ1) is 9.01. The van der Waals surface area contributed by atoms with Gasteiger partial charge in [0, 0.05) is 29.1 Å². The Kier molecular flexibility index (Phi) is 3.64. The Bertz CT molecular complexity index is 596. The van der Waals surface area contributed by atoms with Crippen LogP contribution in [-0.2, 0) is 6.54 Å². The van der Waals surface area contributed by atoms with E-state index in [1.165, 1.54) is 0 Å². The van der Waals surface area contributed by atoms with E-state index in [1.54, 1.807) is 23.0 Å². The molecule has 5 nitrogen and oxygen atoms in total. The Labute approximate surface area is 112 Å². The van der Waals surface area contributed by atoms with E-state index in [-0.39, 0.29) is 5.91 Å². The van der Waals surface area contributed by atoms with E-state index in [9.17, 15) is 4.79 Å². The number of carbonyl (C=O) groups is 1. The van der Waals surface area contributed by atoms with Gasteiger partial charge in [0.2, 0.25) is 0 Å². The van der Waals surface area contributed by atoms with Gasteiger partial charge in [0.1, 0.15) is 5.82 Å². The van der Waals surface area contributed by atoms with E-state index in [0.29, 0.717) is 5.56 Å². The quantitative estimate of drug-likeness (QED) is 0.920. The van der Waals surface area contributed by atoms with E-state index < -0.39 is 0 Å². The van der Waals surface area contributed by atoms with Gasteiger partial charge in [-0.3, -0.25) is 9.78 Å². The Balaban J connectivity index is 2.28. The summed E-state index contributed by atoms with van der Waals surface area (Å²) in [6.07, 6.45) is 1.75. The minimum absolute atomic E-state index is 0.132. The lowest BCUT2D eigenvalue weighted by Gasteiger charge is -2.09. The fourth-order valence-electron chi connectivity index (χ4n) is 2.03. The zero-order valence-corrected chi connectivity index (χ0v) is 11.7. The number of hydrogen-bond donors (Lipinski definition) is 1. The lowest BCUT2D eigenvalue weighted by molar-refractivity contribution is 0.102. The predicted molar refractivity (Wildman–Crippen MR) is 74.3 cm³/mol. The van der Waals surface area contributed by atoms with Crippen molar-refractivity contribution in [3.05, 3.63) is 40.8 Å². The van der Waals surface area contributed by atoms with Crippen molar-refractivity contribution in [2.24, 2.45) is 0 Å². The Morgan fingerprint density at radius 1 is 1.26 bits per heavy atom. The molecule has 1 amide bonds. The highest BCUT2D eigenvalue weighted by atomic mass is 16.1. The molecular formula is C14H18N4O. The highest BCUT2D eigenvalue weighted by Crippen LogP contribution is 2.15. The highest BCUT2D eigenvalue weighted by Gasteiger charge is 2.12. The summed E-state index contributed by atoms with van der Waals surface area (Å²) in [5, 5.41) is 7.12. The van der Waals surface area contributed by atoms with Gasteiger partial charge in [-0.2, -0.15) is 5.10 Å². The second kappa shape index (κ2) is 5.22. The Hall–Kier alpha value is -2.17. The number of hydrogen-bond acceptors (Lipinski definition) is 3. The third-order valence-electron chi connectivity index (χ3n) is 2.90. The normalized spacial score (nSPS) is 10.5. The van der Waals surface area contributed by atoms with Crippen molar-refractivity contribution >= 4 is 11.7 Å². The maximum atomic E-state index is 12.3. The first-order valence-corrected chi connectivity index (χ1v) is 6.30. The van der Waals surface area contributed by atoms with Crippen LogP contribution in [0, 0.1) is 20.8 Å². The van der Waals surface area contributed by atoms with Crippen LogP contribution in [-0.4, -0.2) is 20.7 Å². The predicted octanol–water partition coefficient (Wildman–Crippen LogP) is 2.48. The van der Waals surface area contributed by atoms with Crippen molar-refractivity contribution < 1.29 is 4.79 Å². The smallest absolute Gasteiger partial charge is 0.256 e. The molecule has 2 aromatic heterocycles. The number of pyridine rings is 1. The molecule has 0 atom stereocenters. The first-order valence-electron chi connectivity index (χ1n) is 6.30. The molecule has 19 heavy (non-hydrogen) atoms. The van der Waals surface area contributed by atoms with Crippen LogP contribution < -0.4 is 5.32 Å². The molecule has 0 unspecified atom stereocenters. The van der Waals surface area contributed by atoms with Crippen LogP contribution in [0.2, 0.25) is 0 Å². The van der Waals surface area contributed by atoms with Crippen molar-refractivity contribution in [2.75, 3.05) is 5.32 Å². The van der Waals surface area contributed by atoms with Gasteiger partial charge in [-0.15, -0.1) is 0 Å². The van der Waals surface area contributed by atoms with Gasteiger partial charge in [-0.1, -0.05) is 0 Å². The summed E-state index contributed by atoms with van der Waals surface area (Å²) < 4.78 is 1.77. The number of aryl methyl sites for hydroxylation is 4. The van der Waals surface area contributed by atoms with Crippen LogP contribution in [0.1, 0.15) is 34.2 Å². The summed E-state index contributed by atoms with van der Waals surface area (Å²) in [5.74, 6) is 0.617. The summed E-state index contributed by atoms with van der Waals surface area (Å²) in [4.78, 5) is 16.5. The fourth-order valence-corrected chi connectivity index (χ4v) is 2.03. The van der Waals surface area contributed by atoms with E-state index in [2.05, 4.69) is 15.4 Å². The van der Waals surface area contributed by atoms with Crippen LogP contribution >= 0.6 is 0 Å². The fraction of sp³-hybridized carbons (Fsp3) is 0.357. The topological polar surface area (TPSA) is 59.8 Å². The Morgan fingerprint density at radius 2 is 1.89 bits per heavy atom. The Morgan fingerprint density at radius 3 is 2.47 bits per heavy atom. The van der Waals surface area contributed by atoms with E-state index >= 15 is 0 Å². The summed E-state index contributed by atoms with van der Waals surface area (Å²) in [7, 11) is 0. The number of carbonyl (C=O) groups excluding carboxylic acids is 1. The van der Waals surface area contributed by atoms with E-state index in [1.807, 2.05) is 27.7 Å². The van der Waals surface area contributed by atoms with Crippen LogP contribution in [0.5, 0.6) is 0 Å². The molecule has 0 spiro atoms. The maximum Gasteiger partial charge on any atom is 0.256 e. The van der Waals surface area contributed by atoms with Crippen LogP contribution in [0.4, 0.5) is 5.82 Å². The molecule has 0 radical (unpaired) electrons. The molecule has 100 valence electrons. The van der Waals surface area contributed by atoms with E-state index in [4.69, 9.17) is 0 Å². The van der Waals surface area contributed by atoms with Crippen molar-refractivity contribution in [1.29, 1.82) is 0 Å². The summed E-state index contributed by atoms with van der Waals surface area (Å²) >= 11 is 0. The minimum Gasteiger partial charge on any atom is -0.307 e. The van der Waals surface area contributed by atoms with E-state index in [0.717, 1.165) is 29.3 Å². The number of nitrogens with zero attached hydrogens (tertiary/aromatic N) is 3. The zero-order chi connectivity index (χ0) is 14.0. The standard InChI is InChI=1S/C14H18N4O/c1-5-18-13(9(2)8-15-18)17-14(19)12-6-10(3)16-11(4)7-12/h6-8H,5H2,1-4H3,(H,17,19). The monoisotopic (exact) mass is 258 g/mol. The van der Waals surface area contributed by atoms with Crippen LogP contribution in [0.3, 0.4) is 0 Å². The number of rotatable bonds is 3. The lowest BCUT2D eigenvalue weighted by atomic mass is 10.2. The molecular weight excluding hydrogens is 240 g/mol. The van der Waals surface area contributed by atoms with Gasteiger partial charge < -0.3 is 5.32 Å². The van der Waals surface area contributed by atoms with Gasteiger partial charge in [0.25, 0.3) is 5.91 Å². The molecule has 2 rings (SSSR count). The third-order valence-corrected chi connectivity index (χ3v) is 2.90. The molecule has 0 aromatic carbocycles. The second-order valence-electron chi connectivity index (χ2n) is 4.58. The average molecular weight is 258 g/mol. The average Bonchev–Trinajstić information content (AvgIpc) is 2.69. The molecule has 0 bridgehead atoms. The van der Waals surface area contributed by atoms with Gasteiger partial charge in [-0.25, -0.2) is 4.68 Å². The molecule has 0 fully saturated rings. The van der Waals surface area contributed by atoms with Crippen molar-refractivity contribution in [2.45, 2.75) is 34.2 Å². The summed E-state index contributed by atoms with van der Waals surface area (Å²) in [6.45, 7) is 8.40. The molecule has 2 heterocycles. The first kappa shape index (κ1) is 13.3. The van der Waals surface area contributed by atoms with Gasteiger partial charge in [-0.05, 0) is 39.8 Å². The number of nitrogens with one attached hydrogen (secondary N) is 1. The highest BCUT2D eigenvalue weighted by molar-refractivity contribution is 6.04. The van der Waals surface area contributed by atoms with Gasteiger partial charge in [0.05, 0.1) is 6.20 Å². The summed E-state index contributed by atoms with van der Waals surface area (Å²) in [5.41, 5.74) is 3.25. The SMILES string of the molecule is CCn1ncc(C)c1NC(=O)c1cc(C)nc(C)c1. The molecule has 0 aliphatic carbocycles. The third kappa shape index (κ3) is 2.81. The van der Waals surface area contributed by atoms with Gasteiger partial charge in [0.15, 0.2) is 0 Å². The molecule has 0 aliphatic rings. The number of anilines is 1. The van der Waals surface area contributed by atoms with Crippen molar-refractivity contribution in [3.63, 3.8) is 0 Å². The van der Waals surface area contributed by atoms with Crippen molar-refractivity contribution in [1.82, 2.24) is 14.8 Å². The molecule has 1 N–H and O–H groups in total. The van der Waals surface area contributed by atoms with Crippen LogP contribution in [0.25, 0.3) is 0 Å². The summed E-state index contributed by atoms with van der Waals surface area (Å²) in [6, 6.07) is 3.56. The number of amides is 1. The van der Waals surface area contributed by atoms with Crippen LogP contribution in [0.15, 0.2) is 18.3 Å². The number of aromatic nitrogens is 3. The largest absolute Gasteiger partial charge is 0.307 e. The molecule has 5 heteroatoms. The molecule has 2 aromatic rings. The van der Waals surface area contributed by atoms with Gasteiger partial charge >= 0.3 is 0 Å². The van der Waals surface area contributed by atoms with Crippen molar-refractivity contribution in [3.8, 4) is 0 Å². The second-order valence-corrected chi connectivity index (χ2v) is 4.58. The minimum atomic E-state index is -0.132.